The molecular formula is C27H29ClN4O7. The van der Waals surface area contributed by atoms with Gasteiger partial charge in [-0.2, -0.15) is 0 Å². The first kappa shape index (κ1) is 28.2. The summed E-state index contributed by atoms with van der Waals surface area (Å²) < 4.78 is 10.5. The van der Waals surface area contributed by atoms with Crippen molar-refractivity contribution in [1.29, 1.82) is 0 Å². The molecule has 1 saturated heterocycles. The Hall–Kier alpha value is -3.80. The lowest BCUT2D eigenvalue weighted by molar-refractivity contribution is -0.136. The molecule has 2 heterocycles. The third-order valence-corrected chi connectivity index (χ3v) is 6.57. The van der Waals surface area contributed by atoms with Crippen LogP contribution < -0.4 is 16.0 Å². The number of rotatable bonds is 12. The molecule has 0 saturated carbocycles. The number of anilines is 1. The maximum atomic E-state index is 12.8. The highest BCUT2D eigenvalue weighted by atomic mass is 35.5. The highest BCUT2D eigenvalue weighted by Gasteiger charge is 2.39. The first-order chi connectivity index (χ1) is 18.8. The summed E-state index contributed by atoms with van der Waals surface area (Å²) >= 11 is 6.21. The van der Waals surface area contributed by atoms with Gasteiger partial charge in [-0.1, -0.05) is 23.7 Å². The zero-order valence-electron chi connectivity index (χ0n) is 21.2. The van der Waals surface area contributed by atoms with E-state index in [2.05, 4.69) is 16.0 Å². The monoisotopic (exact) mass is 556 g/mol. The van der Waals surface area contributed by atoms with Crippen LogP contribution >= 0.6 is 11.6 Å². The molecule has 2 aromatic carbocycles. The van der Waals surface area contributed by atoms with Gasteiger partial charge < -0.3 is 29.8 Å². The van der Waals surface area contributed by atoms with Crippen LogP contribution in [0.4, 0.5) is 10.5 Å². The predicted octanol–water partition coefficient (Wildman–Crippen LogP) is 2.20. The Morgan fingerprint density at radius 1 is 1.08 bits per heavy atom. The lowest BCUT2D eigenvalue weighted by Gasteiger charge is -2.29. The van der Waals surface area contributed by atoms with Gasteiger partial charge >= 0.3 is 6.03 Å². The SMILES string of the molecule is O=CCOCCOCCc1cc(Cl)cc(NC(=O)NCc2ccc3c(c2)CN(C2CCC(=O)NC2=O)C3=O)c1. The molecular weight excluding hydrogens is 528 g/mol. The number of imide groups is 1. The van der Waals surface area contributed by atoms with Crippen molar-refractivity contribution in [2.75, 3.05) is 31.7 Å². The summed E-state index contributed by atoms with van der Waals surface area (Å²) in [5.41, 5.74) is 3.49. The molecule has 1 atom stereocenters. The zero-order valence-corrected chi connectivity index (χ0v) is 21.9. The van der Waals surface area contributed by atoms with Crippen molar-refractivity contribution < 1.29 is 33.4 Å². The quantitative estimate of drug-likeness (QED) is 0.206. The van der Waals surface area contributed by atoms with Crippen molar-refractivity contribution >= 4 is 47.3 Å². The molecule has 5 amide bonds. The second-order valence-electron chi connectivity index (χ2n) is 9.15. The number of piperidine rings is 1. The average Bonchev–Trinajstić information content (AvgIpc) is 3.22. The van der Waals surface area contributed by atoms with Crippen molar-refractivity contribution in [3.8, 4) is 0 Å². The summed E-state index contributed by atoms with van der Waals surface area (Å²) in [5, 5.41) is 8.33. The number of aldehydes is 1. The van der Waals surface area contributed by atoms with Gasteiger partial charge in [-0.25, -0.2) is 4.79 Å². The van der Waals surface area contributed by atoms with Gasteiger partial charge in [-0.05, 0) is 53.8 Å². The van der Waals surface area contributed by atoms with Crippen LogP contribution in [0.25, 0.3) is 0 Å². The Kier molecular flexibility index (Phi) is 9.64. The van der Waals surface area contributed by atoms with Gasteiger partial charge in [0.25, 0.3) is 5.91 Å². The summed E-state index contributed by atoms with van der Waals surface area (Å²) in [7, 11) is 0. The van der Waals surface area contributed by atoms with Crippen molar-refractivity contribution in [3.05, 3.63) is 63.7 Å². The fourth-order valence-corrected chi connectivity index (χ4v) is 4.76. The Morgan fingerprint density at radius 2 is 1.90 bits per heavy atom. The standard InChI is InChI=1S/C27H29ClN4O7/c28-20-12-17(5-7-38-9-10-39-8-6-33)13-21(14-20)30-27(37)29-15-18-1-2-22-19(11-18)16-32(26(22)36)23-3-4-24(34)31-25(23)35/h1-2,6,11-14,23H,3-5,7-10,15-16H2,(H2,29,30,37)(H,31,34,35). The van der Waals surface area contributed by atoms with Crippen LogP contribution in [0.5, 0.6) is 0 Å². The van der Waals surface area contributed by atoms with Crippen LogP contribution in [-0.2, 0) is 43.4 Å². The number of carbonyl (C=O) groups is 5. The van der Waals surface area contributed by atoms with E-state index >= 15 is 0 Å². The summed E-state index contributed by atoms with van der Waals surface area (Å²) in [6.45, 7) is 1.66. The van der Waals surface area contributed by atoms with Crippen molar-refractivity contribution in [1.82, 2.24) is 15.5 Å². The number of nitrogens with zero attached hydrogens (tertiary/aromatic N) is 1. The van der Waals surface area contributed by atoms with E-state index in [1.807, 2.05) is 12.1 Å². The summed E-state index contributed by atoms with van der Waals surface area (Å²) in [4.78, 5) is 60.8. The van der Waals surface area contributed by atoms with Gasteiger partial charge in [0.2, 0.25) is 11.8 Å². The average molecular weight is 557 g/mol. The second-order valence-corrected chi connectivity index (χ2v) is 9.59. The van der Waals surface area contributed by atoms with E-state index in [0.717, 1.165) is 16.7 Å². The number of fused-ring (bicyclic) bond motifs is 1. The number of hydrogen-bond acceptors (Lipinski definition) is 7. The van der Waals surface area contributed by atoms with E-state index in [0.29, 0.717) is 55.2 Å². The molecule has 3 N–H and O–H groups in total. The second kappa shape index (κ2) is 13.3. The smallest absolute Gasteiger partial charge is 0.319 e. The van der Waals surface area contributed by atoms with Gasteiger partial charge in [0.15, 0.2) is 0 Å². The van der Waals surface area contributed by atoms with Gasteiger partial charge in [0.1, 0.15) is 18.9 Å². The van der Waals surface area contributed by atoms with E-state index < -0.39 is 18.0 Å². The number of carbonyl (C=O) groups excluding carboxylic acids is 5. The van der Waals surface area contributed by atoms with Crippen LogP contribution in [0.3, 0.4) is 0 Å². The Morgan fingerprint density at radius 3 is 2.69 bits per heavy atom. The van der Waals surface area contributed by atoms with Gasteiger partial charge in [-0.3, -0.25) is 19.7 Å². The van der Waals surface area contributed by atoms with Crippen LogP contribution in [0.2, 0.25) is 5.02 Å². The molecule has 2 aliphatic rings. The van der Waals surface area contributed by atoms with E-state index in [1.165, 1.54) is 4.90 Å². The minimum absolute atomic E-state index is 0.0457. The minimum atomic E-state index is -0.675. The maximum Gasteiger partial charge on any atom is 0.319 e. The molecule has 0 radical (unpaired) electrons. The number of benzene rings is 2. The minimum Gasteiger partial charge on any atom is -0.379 e. The molecule has 39 heavy (non-hydrogen) atoms. The van der Waals surface area contributed by atoms with E-state index in [4.69, 9.17) is 21.1 Å². The van der Waals surface area contributed by atoms with Crippen LogP contribution in [0.1, 0.15) is 39.9 Å². The third-order valence-electron chi connectivity index (χ3n) is 6.35. The number of urea groups is 1. The fraction of sp³-hybridized carbons (Fsp3) is 0.370. The van der Waals surface area contributed by atoms with Gasteiger partial charge in [0, 0.05) is 35.8 Å². The summed E-state index contributed by atoms with van der Waals surface area (Å²) in [6.07, 6.45) is 1.76. The molecule has 4 rings (SSSR count). The maximum absolute atomic E-state index is 12.8. The number of hydrogen-bond donors (Lipinski definition) is 3. The number of amides is 5. The zero-order chi connectivity index (χ0) is 27.8. The predicted molar refractivity (Wildman–Crippen MR) is 141 cm³/mol. The summed E-state index contributed by atoms with van der Waals surface area (Å²) in [6, 6.07) is 9.43. The molecule has 2 aromatic rings. The number of nitrogens with one attached hydrogen (secondary N) is 3. The number of halogens is 1. The largest absolute Gasteiger partial charge is 0.379 e. The molecule has 1 fully saturated rings. The Labute approximate surface area is 230 Å². The molecule has 11 nitrogen and oxygen atoms in total. The van der Waals surface area contributed by atoms with E-state index in [9.17, 15) is 24.0 Å². The van der Waals surface area contributed by atoms with Crippen LogP contribution in [0, 0.1) is 0 Å². The third kappa shape index (κ3) is 7.62. The van der Waals surface area contributed by atoms with Crippen LogP contribution in [0.15, 0.2) is 36.4 Å². The lowest BCUT2D eigenvalue weighted by Crippen LogP contribution is -2.52. The molecule has 2 aliphatic heterocycles. The topological polar surface area (TPSA) is 143 Å². The molecule has 12 heteroatoms. The molecule has 0 aliphatic carbocycles. The van der Waals surface area contributed by atoms with Crippen molar-refractivity contribution in [2.24, 2.45) is 0 Å². The van der Waals surface area contributed by atoms with E-state index in [-0.39, 0.29) is 37.9 Å². The summed E-state index contributed by atoms with van der Waals surface area (Å²) in [5.74, 6) is -1.03. The highest BCUT2D eigenvalue weighted by Crippen LogP contribution is 2.28. The van der Waals surface area contributed by atoms with Crippen LogP contribution in [-0.4, -0.2) is 67.4 Å². The fourth-order valence-electron chi connectivity index (χ4n) is 4.50. The first-order valence-corrected chi connectivity index (χ1v) is 12.9. The van der Waals surface area contributed by atoms with Gasteiger partial charge in [-0.15, -0.1) is 0 Å². The molecule has 0 spiro atoms. The molecule has 0 aromatic heterocycles. The molecule has 1 unspecified atom stereocenters. The van der Waals surface area contributed by atoms with Gasteiger partial charge in [0.05, 0.1) is 19.8 Å². The Balaban J connectivity index is 1.26. The molecule has 0 bridgehead atoms. The van der Waals surface area contributed by atoms with Crippen molar-refractivity contribution in [3.63, 3.8) is 0 Å². The number of ether oxygens (including phenoxy) is 2. The van der Waals surface area contributed by atoms with Crippen molar-refractivity contribution in [2.45, 2.75) is 38.4 Å². The Bertz CT molecular complexity index is 1270. The van der Waals surface area contributed by atoms with E-state index in [1.54, 1.807) is 24.3 Å². The highest BCUT2D eigenvalue weighted by molar-refractivity contribution is 6.31. The molecule has 206 valence electrons. The lowest BCUT2D eigenvalue weighted by atomic mass is 10.0. The normalized spacial score (nSPS) is 16.6. The first-order valence-electron chi connectivity index (χ1n) is 12.5.